The average molecular weight is 370 g/mol. The summed E-state index contributed by atoms with van der Waals surface area (Å²) >= 11 is 0. The number of hydrogen-bond donors (Lipinski definition) is 1. The third-order valence-corrected chi connectivity index (χ3v) is 4.73. The van der Waals surface area contributed by atoms with E-state index in [0.29, 0.717) is 11.4 Å². The second kappa shape index (κ2) is 7.56. The van der Waals surface area contributed by atoms with Gasteiger partial charge in [-0.05, 0) is 49.2 Å². The van der Waals surface area contributed by atoms with E-state index in [1.807, 2.05) is 97.5 Å². The molecule has 0 aliphatic heterocycles. The zero-order chi connectivity index (χ0) is 19.5. The standard InChI is InChI=1S/C23H22N4O/c1-17-9-8-12-20(15-17)27-23(26-13-6-7-14-26)21(16-24-27)22(28)25-18(2)19-10-4-3-5-11-19/h3-16,18H,1-2H3,(H,25,28). The Morgan fingerprint density at radius 3 is 2.46 bits per heavy atom. The first-order chi connectivity index (χ1) is 13.6. The summed E-state index contributed by atoms with van der Waals surface area (Å²) in [6.07, 6.45) is 5.46. The van der Waals surface area contributed by atoms with Crippen molar-refractivity contribution < 1.29 is 4.79 Å². The van der Waals surface area contributed by atoms with Crippen LogP contribution in [-0.2, 0) is 0 Å². The van der Waals surface area contributed by atoms with E-state index in [0.717, 1.165) is 16.8 Å². The van der Waals surface area contributed by atoms with Gasteiger partial charge in [0.1, 0.15) is 5.56 Å². The summed E-state index contributed by atoms with van der Waals surface area (Å²) in [6, 6.07) is 21.8. The number of nitrogens with one attached hydrogen (secondary N) is 1. The van der Waals surface area contributed by atoms with Gasteiger partial charge < -0.3 is 9.88 Å². The van der Waals surface area contributed by atoms with Gasteiger partial charge in [0.2, 0.25) is 0 Å². The van der Waals surface area contributed by atoms with Crippen molar-refractivity contribution in [2.24, 2.45) is 0 Å². The number of nitrogens with zero attached hydrogens (tertiary/aromatic N) is 3. The molecular formula is C23H22N4O. The molecule has 0 aliphatic rings. The highest BCUT2D eigenvalue weighted by atomic mass is 16.1. The molecule has 2 aromatic carbocycles. The van der Waals surface area contributed by atoms with Crippen LogP contribution in [0.4, 0.5) is 0 Å². The summed E-state index contributed by atoms with van der Waals surface area (Å²) in [5, 5.41) is 7.60. The SMILES string of the molecule is Cc1cccc(-n2ncc(C(=O)NC(C)c3ccccc3)c2-n2cccc2)c1. The molecule has 0 bridgehead atoms. The molecule has 1 atom stereocenters. The van der Waals surface area contributed by atoms with E-state index in [2.05, 4.69) is 10.4 Å². The molecule has 0 saturated carbocycles. The Kier molecular flexibility index (Phi) is 4.81. The molecule has 5 heteroatoms. The Morgan fingerprint density at radius 1 is 1.00 bits per heavy atom. The van der Waals surface area contributed by atoms with E-state index in [1.165, 1.54) is 0 Å². The van der Waals surface area contributed by atoms with Crippen molar-refractivity contribution in [2.75, 3.05) is 0 Å². The van der Waals surface area contributed by atoms with Gasteiger partial charge in [-0.2, -0.15) is 5.10 Å². The van der Waals surface area contributed by atoms with E-state index in [-0.39, 0.29) is 11.9 Å². The molecule has 2 aromatic heterocycles. The normalized spacial score (nSPS) is 11.9. The third kappa shape index (κ3) is 3.47. The molecule has 4 aromatic rings. The predicted octanol–water partition coefficient (Wildman–Crippen LogP) is 4.46. The van der Waals surface area contributed by atoms with Gasteiger partial charge in [-0.15, -0.1) is 0 Å². The van der Waals surface area contributed by atoms with Crippen molar-refractivity contribution in [1.82, 2.24) is 19.7 Å². The molecule has 0 spiro atoms. The van der Waals surface area contributed by atoms with Crippen LogP contribution >= 0.6 is 0 Å². The van der Waals surface area contributed by atoms with E-state index in [1.54, 1.807) is 10.9 Å². The second-order valence-electron chi connectivity index (χ2n) is 6.83. The molecule has 4 rings (SSSR count). The Balaban J connectivity index is 1.72. The van der Waals surface area contributed by atoms with Gasteiger partial charge in [0.15, 0.2) is 5.82 Å². The van der Waals surface area contributed by atoms with Gasteiger partial charge in [0.25, 0.3) is 5.91 Å². The van der Waals surface area contributed by atoms with E-state index in [4.69, 9.17) is 0 Å². The van der Waals surface area contributed by atoms with Gasteiger partial charge >= 0.3 is 0 Å². The molecule has 0 radical (unpaired) electrons. The molecule has 0 saturated heterocycles. The molecule has 1 N–H and O–H groups in total. The maximum Gasteiger partial charge on any atom is 0.257 e. The summed E-state index contributed by atoms with van der Waals surface area (Å²) in [6.45, 7) is 4.02. The molecular weight excluding hydrogens is 348 g/mol. The molecule has 1 unspecified atom stereocenters. The van der Waals surface area contributed by atoms with Crippen LogP contribution in [0, 0.1) is 6.92 Å². The first-order valence-electron chi connectivity index (χ1n) is 9.27. The van der Waals surface area contributed by atoms with Crippen LogP contribution in [0.3, 0.4) is 0 Å². The van der Waals surface area contributed by atoms with Gasteiger partial charge in [-0.3, -0.25) is 4.79 Å². The average Bonchev–Trinajstić information content (AvgIpc) is 3.38. The van der Waals surface area contributed by atoms with Crippen molar-refractivity contribution >= 4 is 5.91 Å². The smallest absolute Gasteiger partial charge is 0.257 e. The lowest BCUT2D eigenvalue weighted by Crippen LogP contribution is -2.27. The first kappa shape index (κ1) is 17.8. The molecule has 0 aliphatic carbocycles. The maximum absolute atomic E-state index is 13.1. The Hall–Kier alpha value is -3.60. The monoisotopic (exact) mass is 370 g/mol. The van der Waals surface area contributed by atoms with Crippen molar-refractivity contribution in [3.63, 3.8) is 0 Å². The largest absolute Gasteiger partial charge is 0.345 e. The maximum atomic E-state index is 13.1. The quantitative estimate of drug-likeness (QED) is 0.564. The van der Waals surface area contributed by atoms with Gasteiger partial charge in [-0.25, -0.2) is 4.68 Å². The lowest BCUT2D eigenvalue weighted by molar-refractivity contribution is 0.0940. The van der Waals surface area contributed by atoms with Gasteiger partial charge in [0.05, 0.1) is 17.9 Å². The summed E-state index contributed by atoms with van der Waals surface area (Å²) < 4.78 is 3.71. The number of aryl methyl sites for hydroxylation is 1. The Labute approximate surface area is 164 Å². The summed E-state index contributed by atoms with van der Waals surface area (Å²) in [5.74, 6) is 0.562. The third-order valence-electron chi connectivity index (χ3n) is 4.73. The lowest BCUT2D eigenvalue weighted by atomic mass is 10.1. The highest BCUT2D eigenvalue weighted by molar-refractivity contribution is 5.97. The van der Waals surface area contributed by atoms with Gasteiger partial charge in [-0.1, -0.05) is 42.5 Å². The predicted molar refractivity (Wildman–Crippen MR) is 110 cm³/mol. The topological polar surface area (TPSA) is 51.9 Å². The number of benzene rings is 2. The van der Waals surface area contributed by atoms with Crippen LogP contribution in [-0.4, -0.2) is 20.3 Å². The van der Waals surface area contributed by atoms with Crippen LogP contribution in [0.5, 0.6) is 0 Å². The lowest BCUT2D eigenvalue weighted by Gasteiger charge is -2.15. The molecule has 2 heterocycles. The number of rotatable bonds is 5. The zero-order valence-corrected chi connectivity index (χ0v) is 15.9. The number of amides is 1. The fourth-order valence-corrected chi connectivity index (χ4v) is 3.27. The van der Waals surface area contributed by atoms with Crippen LogP contribution in [0.25, 0.3) is 11.5 Å². The first-order valence-corrected chi connectivity index (χ1v) is 9.27. The molecule has 0 fully saturated rings. The zero-order valence-electron chi connectivity index (χ0n) is 15.9. The van der Waals surface area contributed by atoms with Crippen LogP contribution in [0.2, 0.25) is 0 Å². The van der Waals surface area contributed by atoms with E-state index >= 15 is 0 Å². The molecule has 140 valence electrons. The molecule has 5 nitrogen and oxygen atoms in total. The van der Waals surface area contributed by atoms with Crippen molar-refractivity contribution in [2.45, 2.75) is 19.9 Å². The fraction of sp³-hybridized carbons (Fsp3) is 0.130. The van der Waals surface area contributed by atoms with Crippen LogP contribution < -0.4 is 5.32 Å². The number of hydrogen-bond acceptors (Lipinski definition) is 2. The Bertz CT molecular complexity index is 1080. The fourth-order valence-electron chi connectivity index (χ4n) is 3.27. The Morgan fingerprint density at radius 2 is 1.75 bits per heavy atom. The highest BCUT2D eigenvalue weighted by Gasteiger charge is 2.21. The van der Waals surface area contributed by atoms with Crippen molar-refractivity contribution in [3.8, 4) is 11.5 Å². The second-order valence-corrected chi connectivity index (χ2v) is 6.83. The van der Waals surface area contributed by atoms with Crippen LogP contribution in [0.1, 0.15) is 34.5 Å². The number of carbonyl (C=O) groups is 1. The minimum absolute atomic E-state index is 0.103. The van der Waals surface area contributed by atoms with E-state index in [9.17, 15) is 4.79 Å². The van der Waals surface area contributed by atoms with E-state index < -0.39 is 0 Å². The van der Waals surface area contributed by atoms with Crippen molar-refractivity contribution in [1.29, 1.82) is 0 Å². The summed E-state index contributed by atoms with van der Waals surface area (Å²) in [5.41, 5.74) is 3.64. The number of aromatic nitrogens is 3. The minimum Gasteiger partial charge on any atom is -0.345 e. The molecule has 28 heavy (non-hydrogen) atoms. The van der Waals surface area contributed by atoms with Crippen LogP contribution in [0.15, 0.2) is 85.3 Å². The van der Waals surface area contributed by atoms with Gasteiger partial charge in [0, 0.05) is 12.4 Å². The number of carbonyl (C=O) groups excluding carboxylic acids is 1. The summed E-state index contributed by atoms with van der Waals surface area (Å²) in [7, 11) is 0. The minimum atomic E-state index is -0.154. The summed E-state index contributed by atoms with van der Waals surface area (Å²) in [4.78, 5) is 13.1. The van der Waals surface area contributed by atoms with Crippen molar-refractivity contribution in [3.05, 3.63) is 102 Å². The molecule has 1 amide bonds. The highest BCUT2D eigenvalue weighted by Crippen LogP contribution is 2.21.